The number of rotatable bonds is 5. The summed E-state index contributed by atoms with van der Waals surface area (Å²) in [6, 6.07) is 9.07. The van der Waals surface area contributed by atoms with E-state index in [0.29, 0.717) is 0 Å². The predicted molar refractivity (Wildman–Crippen MR) is 85.0 cm³/mol. The molecule has 2 nitrogen and oxygen atoms in total. The molecule has 1 fully saturated rings. The normalized spacial score (nSPS) is 16.4. The predicted octanol–water partition coefficient (Wildman–Crippen LogP) is 3.10. The van der Waals surface area contributed by atoms with Gasteiger partial charge in [-0.15, -0.1) is 12.4 Å². The number of hydrogen-bond donors (Lipinski definition) is 1. The molecule has 0 radical (unpaired) electrons. The van der Waals surface area contributed by atoms with E-state index in [1.807, 2.05) is 0 Å². The number of halogens is 1. The lowest BCUT2D eigenvalue weighted by Crippen LogP contribution is -2.34. The van der Waals surface area contributed by atoms with Crippen LogP contribution in [0.2, 0.25) is 0 Å². The van der Waals surface area contributed by atoms with Crippen molar-refractivity contribution >= 4 is 12.4 Å². The smallest absolute Gasteiger partial charge is 0.0230 e. The Morgan fingerprint density at radius 2 is 1.68 bits per heavy atom. The second-order valence-electron chi connectivity index (χ2n) is 5.56. The molecule has 0 atom stereocenters. The van der Waals surface area contributed by atoms with Crippen molar-refractivity contribution in [2.24, 2.45) is 5.92 Å². The van der Waals surface area contributed by atoms with Gasteiger partial charge in [-0.2, -0.15) is 0 Å². The van der Waals surface area contributed by atoms with E-state index in [1.54, 1.807) is 0 Å². The van der Waals surface area contributed by atoms with Crippen molar-refractivity contribution in [1.29, 1.82) is 0 Å². The highest BCUT2D eigenvalue weighted by molar-refractivity contribution is 5.85. The molecule has 108 valence electrons. The van der Waals surface area contributed by atoms with Crippen molar-refractivity contribution in [2.75, 3.05) is 26.7 Å². The Morgan fingerprint density at radius 1 is 1.11 bits per heavy atom. The van der Waals surface area contributed by atoms with Gasteiger partial charge in [0.2, 0.25) is 0 Å². The van der Waals surface area contributed by atoms with Gasteiger partial charge in [0.25, 0.3) is 0 Å². The van der Waals surface area contributed by atoms with Crippen LogP contribution in [0.4, 0.5) is 0 Å². The number of hydrogen-bond acceptors (Lipinski definition) is 2. The first-order valence-corrected chi connectivity index (χ1v) is 7.25. The number of piperidine rings is 1. The third-order valence-electron chi connectivity index (χ3n) is 3.91. The van der Waals surface area contributed by atoms with Crippen LogP contribution in [0, 0.1) is 5.92 Å². The molecule has 0 saturated carbocycles. The molecular weight excluding hydrogens is 256 g/mol. The van der Waals surface area contributed by atoms with Crippen molar-refractivity contribution < 1.29 is 0 Å². The Morgan fingerprint density at radius 3 is 2.26 bits per heavy atom. The maximum Gasteiger partial charge on any atom is 0.0230 e. The summed E-state index contributed by atoms with van der Waals surface area (Å²) in [5.74, 6) is 0.881. The Kier molecular flexibility index (Phi) is 7.44. The molecule has 1 saturated heterocycles. The summed E-state index contributed by atoms with van der Waals surface area (Å²) in [6.07, 6.45) is 3.80. The first-order valence-electron chi connectivity index (χ1n) is 7.25. The quantitative estimate of drug-likeness (QED) is 0.893. The van der Waals surface area contributed by atoms with Gasteiger partial charge in [-0.25, -0.2) is 0 Å². The lowest BCUT2D eigenvalue weighted by atomic mass is 9.97. The highest BCUT2D eigenvalue weighted by atomic mass is 35.5. The molecule has 1 aliphatic heterocycles. The minimum Gasteiger partial charge on any atom is -0.317 e. The summed E-state index contributed by atoms with van der Waals surface area (Å²) in [5, 5.41) is 3.43. The third kappa shape index (κ3) is 5.52. The average Bonchev–Trinajstić information content (AvgIpc) is 2.40. The van der Waals surface area contributed by atoms with E-state index < -0.39 is 0 Å². The number of nitrogens with one attached hydrogen (secondary N) is 1. The Bertz CT molecular complexity index is 344. The zero-order valence-corrected chi connectivity index (χ0v) is 13.0. The van der Waals surface area contributed by atoms with Gasteiger partial charge in [-0.1, -0.05) is 31.2 Å². The van der Waals surface area contributed by atoms with Crippen molar-refractivity contribution in [3.05, 3.63) is 35.4 Å². The number of aryl methyl sites for hydroxylation is 1. The van der Waals surface area contributed by atoms with Crippen molar-refractivity contribution in [3.63, 3.8) is 0 Å². The molecule has 1 heterocycles. The van der Waals surface area contributed by atoms with Crippen LogP contribution < -0.4 is 5.32 Å². The summed E-state index contributed by atoms with van der Waals surface area (Å²) in [4.78, 5) is 2.47. The van der Waals surface area contributed by atoms with Crippen molar-refractivity contribution in [1.82, 2.24) is 10.2 Å². The highest BCUT2D eigenvalue weighted by Gasteiger charge is 2.14. The molecule has 1 aromatic carbocycles. The lowest BCUT2D eigenvalue weighted by molar-refractivity contribution is 0.234. The molecule has 1 aromatic rings. The van der Waals surface area contributed by atoms with Gasteiger partial charge < -0.3 is 10.2 Å². The summed E-state index contributed by atoms with van der Waals surface area (Å²) >= 11 is 0. The fourth-order valence-corrected chi connectivity index (χ4v) is 2.76. The van der Waals surface area contributed by atoms with Gasteiger partial charge in [-0.3, -0.25) is 0 Å². The van der Waals surface area contributed by atoms with Crippen LogP contribution in [0.15, 0.2) is 24.3 Å². The summed E-state index contributed by atoms with van der Waals surface area (Å²) < 4.78 is 0. The molecule has 0 amide bonds. The second kappa shape index (κ2) is 8.57. The van der Waals surface area contributed by atoms with Gasteiger partial charge in [0.1, 0.15) is 0 Å². The molecule has 0 bridgehead atoms. The van der Waals surface area contributed by atoms with E-state index in [9.17, 15) is 0 Å². The second-order valence-corrected chi connectivity index (χ2v) is 5.56. The average molecular weight is 283 g/mol. The summed E-state index contributed by atoms with van der Waals surface area (Å²) in [6.45, 7) is 6.91. The van der Waals surface area contributed by atoms with Gasteiger partial charge in [0.05, 0.1) is 0 Å². The molecule has 0 aliphatic carbocycles. The van der Waals surface area contributed by atoms with Crippen LogP contribution in [0.5, 0.6) is 0 Å². The van der Waals surface area contributed by atoms with Crippen LogP contribution in [-0.2, 0) is 13.0 Å². The number of benzene rings is 1. The van der Waals surface area contributed by atoms with Crippen LogP contribution in [0.3, 0.4) is 0 Å². The molecule has 19 heavy (non-hydrogen) atoms. The Balaban J connectivity index is 0.00000180. The Hall–Kier alpha value is -0.570. The molecule has 2 rings (SSSR count). The molecule has 3 heteroatoms. The zero-order valence-electron chi connectivity index (χ0n) is 12.2. The van der Waals surface area contributed by atoms with Crippen LogP contribution >= 0.6 is 12.4 Å². The van der Waals surface area contributed by atoms with E-state index in [4.69, 9.17) is 0 Å². The maximum atomic E-state index is 3.43. The van der Waals surface area contributed by atoms with Crippen molar-refractivity contribution in [3.8, 4) is 0 Å². The minimum atomic E-state index is 0. The van der Waals surface area contributed by atoms with Gasteiger partial charge in [0.15, 0.2) is 0 Å². The summed E-state index contributed by atoms with van der Waals surface area (Å²) in [5.41, 5.74) is 2.86. The lowest BCUT2D eigenvalue weighted by Gasteiger charge is -2.27. The molecular formula is C16H27ClN2. The molecule has 1 N–H and O–H groups in total. The fourth-order valence-electron chi connectivity index (χ4n) is 2.76. The van der Waals surface area contributed by atoms with Gasteiger partial charge >= 0.3 is 0 Å². The van der Waals surface area contributed by atoms with E-state index in [2.05, 4.69) is 48.5 Å². The first-order chi connectivity index (χ1) is 8.78. The molecule has 1 aliphatic rings. The van der Waals surface area contributed by atoms with E-state index in [0.717, 1.165) is 18.9 Å². The molecule has 0 unspecified atom stereocenters. The van der Waals surface area contributed by atoms with E-state index >= 15 is 0 Å². The van der Waals surface area contributed by atoms with Crippen molar-refractivity contribution in [2.45, 2.75) is 32.7 Å². The monoisotopic (exact) mass is 282 g/mol. The van der Waals surface area contributed by atoms with E-state index in [-0.39, 0.29) is 12.4 Å². The third-order valence-corrected chi connectivity index (χ3v) is 3.91. The SMILES string of the molecule is CCc1ccc(CN(C)CC2CCNCC2)cc1.Cl. The van der Waals surface area contributed by atoms with Gasteiger partial charge in [-0.05, 0) is 56.4 Å². The highest BCUT2D eigenvalue weighted by Crippen LogP contribution is 2.14. The summed E-state index contributed by atoms with van der Waals surface area (Å²) in [7, 11) is 2.25. The maximum absolute atomic E-state index is 3.43. The first kappa shape index (κ1) is 16.5. The van der Waals surface area contributed by atoms with Gasteiger partial charge in [0, 0.05) is 13.1 Å². The minimum absolute atomic E-state index is 0. The topological polar surface area (TPSA) is 15.3 Å². The largest absolute Gasteiger partial charge is 0.317 e. The van der Waals surface area contributed by atoms with Crippen LogP contribution in [-0.4, -0.2) is 31.6 Å². The van der Waals surface area contributed by atoms with Crippen LogP contribution in [0.1, 0.15) is 30.9 Å². The molecule has 0 spiro atoms. The van der Waals surface area contributed by atoms with Crippen LogP contribution in [0.25, 0.3) is 0 Å². The standard InChI is InChI=1S/C16H26N2.ClH/c1-3-14-4-6-15(7-5-14)12-18(2)13-16-8-10-17-11-9-16;/h4-7,16-17H,3,8-13H2,1-2H3;1H. The fraction of sp³-hybridized carbons (Fsp3) is 0.625. The zero-order chi connectivity index (χ0) is 12.8. The molecule has 0 aromatic heterocycles. The van der Waals surface area contributed by atoms with E-state index in [1.165, 1.54) is 43.6 Å². The Labute approximate surface area is 124 Å². The number of nitrogens with zero attached hydrogens (tertiary/aromatic N) is 1.